The molecule has 5 N–H and O–H groups in total. The predicted molar refractivity (Wildman–Crippen MR) is 111 cm³/mol. The number of aliphatic hydroxyl groups is 1. The van der Waals surface area contributed by atoms with Crippen molar-refractivity contribution in [3.8, 4) is 22.4 Å². The Labute approximate surface area is 166 Å². The smallest absolute Gasteiger partial charge is 0.222 e. The summed E-state index contributed by atoms with van der Waals surface area (Å²) in [5.74, 6) is 0.272. The molecule has 0 aromatic carbocycles. The number of nitrogens with zero attached hydrogens (tertiary/aromatic N) is 3. The zero-order valence-electron chi connectivity index (χ0n) is 15.8. The monoisotopic (exact) mass is 388 g/mol. The van der Waals surface area contributed by atoms with Gasteiger partial charge >= 0.3 is 0 Å². The van der Waals surface area contributed by atoms with Gasteiger partial charge < -0.3 is 21.1 Å². The topological polar surface area (TPSA) is 130 Å². The molecule has 0 atom stereocenters. The summed E-state index contributed by atoms with van der Waals surface area (Å²) in [6.45, 7) is 1.71. The van der Waals surface area contributed by atoms with Crippen LogP contribution >= 0.6 is 0 Å². The Kier molecular flexibility index (Phi) is 5.03. The van der Waals surface area contributed by atoms with Crippen molar-refractivity contribution < 1.29 is 9.90 Å². The normalized spacial score (nSPS) is 11.0. The number of aromatic amines is 1. The molecule has 146 valence electrons. The summed E-state index contributed by atoms with van der Waals surface area (Å²) in [6, 6.07) is 9.31. The van der Waals surface area contributed by atoms with Crippen molar-refractivity contribution in [3.05, 3.63) is 60.2 Å². The molecule has 0 aliphatic rings. The zero-order chi connectivity index (χ0) is 20.4. The average molecular weight is 388 g/mol. The highest BCUT2D eigenvalue weighted by Crippen LogP contribution is 2.37. The first kappa shape index (κ1) is 18.7. The molecule has 0 fully saturated rings. The second kappa shape index (κ2) is 7.78. The molecule has 1 amide bonds. The summed E-state index contributed by atoms with van der Waals surface area (Å²) in [4.78, 5) is 28.0. The lowest BCUT2D eigenvalue weighted by atomic mass is 10.0. The Bertz CT molecular complexity index is 1180. The fourth-order valence-electron chi connectivity index (χ4n) is 3.23. The van der Waals surface area contributed by atoms with Gasteiger partial charge in [0.15, 0.2) is 0 Å². The second-order valence-corrected chi connectivity index (χ2v) is 6.63. The predicted octanol–water partition coefficient (Wildman–Crippen LogP) is 2.60. The third-order valence-electron chi connectivity index (χ3n) is 4.55. The van der Waals surface area contributed by atoms with E-state index in [0.717, 1.165) is 39.0 Å². The van der Waals surface area contributed by atoms with Gasteiger partial charge in [-0.1, -0.05) is 6.07 Å². The van der Waals surface area contributed by atoms with Gasteiger partial charge in [-0.3, -0.25) is 14.8 Å². The Morgan fingerprint density at radius 3 is 2.69 bits per heavy atom. The van der Waals surface area contributed by atoms with E-state index in [1.165, 1.54) is 6.92 Å². The van der Waals surface area contributed by atoms with Crippen molar-refractivity contribution in [2.24, 2.45) is 5.73 Å². The Morgan fingerprint density at radius 1 is 1.14 bits per heavy atom. The number of carbonyl (C=O) groups is 1. The highest BCUT2D eigenvalue weighted by molar-refractivity contribution is 6.01. The second-order valence-electron chi connectivity index (χ2n) is 6.63. The molecule has 0 unspecified atom stereocenters. The van der Waals surface area contributed by atoms with E-state index >= 15 is 0 Å². The highest BCUT2D eigenvalue weighted by Gasteiger charge is 2.18. The number of hydrogen-bond acceptors (Lipinski definition) is 6. The molecule has 0 aliphatic carbocycles. The number of pyridine rings is 3. The van der Waals surface area contributed by atoms with Crippen molar-refractivity contribution in [3.63, 3.8) is 0 Å². The Balaban J connectivity index is 1.93. The van der Waals surface area contributed by atoms with Crippen molar-refractivity contribution in [1.82, 2.24) is 19.9 Å². The number of nitrogens with one attached hydrogen (secondary N) is 2. The number of hydrogen-bond donors (Lipinski definition) is 4. The molecule has 0 aliphatic heterocycles. The molecule has 0 saturated heterocycles. The molecule has 4 heterocycles. The largest absolute Gasteiger partial charge is 0.390 e. The maximum absolute atomic E-state index is 11.4. The summed E-state index contributed by atoms with van der Waals surface area (Å²) in [6.07, 6.45) is 5.11. The number of amides is 1. The van der Waals surface area contributed by atoms with Crippen LogP contribution in [0.15, 0.2) is 48.9 Å². The number of H-pyrrole nitrogens is 1. The lowest BCUT2D eigenvalue weighted by Gasteiger charge is -2.08. The fourth-order valence-corrected chi connectivity index (χ4v) is 3.23. The molecule has 0 spiro atoms. The van der Waals surface area contributed by atoms with Gasteiger partial charge in [-0.25, -0.2) is 4.98 Å². The molecule has 29 heavy (non-hydrogen) atoms. The van der Waals surface area contributed by atoms with Gasteiger partial charge in [-0.2, -0.15) is 0 Å². The first-order valence-electron chi connectivity index (χ1n) is 9.10. The maximum Gasteiger partial charge on any atom is 0.222 e. The Hall–Kier alpha value is -3.62. The van der Waals surface area contributed by atoms with E-state index < -0.39 is 0 Å². The minimum Gasteiger partial charge on any atom is -0.390 e. The molecule has 4 aromatic rings. The van der Waals surface area contributed by atoms with E-state index in [0.29, 0.717) is 18.1 Å². The summed E-state index contributed by atoms with van der Waals surface area (Å²) in [5, 5.41) is 12.0. The molecular weight excluding hydrogens is 368 g/mol. The number of anilines is 1. The van der Waals surface area contributed by atoms with Crippen LogP contribution in [-0.4, -0.2) is 30.9 Å². The quantitative estimate of drug-likeness (QED) is 0.416. The number of rotatable bonds is 5. The maximum atomic E-state index is 11.4. The zero-order valence-corrected chi connectivity index (χ0v) is 15.8. The number of carbonyl (C=O) groups excluding carboxylic acids is 1. The van der Waals surface area contributed by atoms with Crippen molar-refractivity contribution in [1.29, 1.82) is 0 Å². The third kappa shape index (κ3) is 3.71. The minimum absolute atomic E-state index is 0.121. The first-order valence-corrected chi connectivity index (χ1v) is 9.10. The van der Waals surface area contributed by atoms with Crippen molar-refractivity contribution in [2.75, 3.05) is 5.32 Å². The van der Waals surface area contributed by atoms with Crippen LogP contribution in [0.4, 0.5) is 5.82 Å². The van der Waals surface area contributed by atoms with Gasteiger partial charge in [0, 0.05) is 48.7 Å². The van der Waals surface area contributed by atoms with Gasteiger partial charge in [0.25, 0.3) is 0 Å². The van der Waals surface area contributed by atoms with E-state index in [2.05, 4.69) is 25.3 Å². The number of fused-ring (bicyclic) bond motifs is 1. The van der Waals surface area contributed by atoms with Crippen LogP contribution in [0.2, 0.25) is 0 Å². The number of nitrogens with two attached hydrogens (primary N) is 1. The average Bonchev–Trinajstić information content (AvgIpc) is 3.12. The molecule has 0 radical (unpaired) electrons. The molecule has 8 nitrogen and oxygen atoms in total. The van der Waals surface area contributed by atoms with E-state index in [-0.39, 0.29) is 12.5 Å². The van der Waals surface area contributed by atoms with E-state index in [1.54, 1.807) is 30.7 Å². The van der Waals surface area contributed by atoms with Gasteiger partial charge in [-0.05, 0) is 29.8 Å². The van der Waals surface area contributed by atoms with Crippen molar-refractivity contribution in [2.45, 2.75) is 20.1 Å². The molecule has 0 saturated carbocycles. The van der Waals surface area contributed by atoms with Gasteiger partial charge in [0.2, 0.25) is 5.91 Å². The van der Waals surface area contributed by atoms with Crippen LogP contribution in [0.1, 0.15) is 18.2 Å². The van der Waals surface area contributed by atoms with E-state index in [4.69, 9.17) is 5.73 Å². The van der Waals surface area contributed by atoms with Gasteiger partial charge in [0.05, 0.1) is 29.0 Å². The van der Waals surface area contributed by atoms with Crippen LogP contribution in [0.5, 0.6) is 0 Å². The van der Waals surface area contributed by atoms with Crippen LogP contribution in [0.3, 0.4) is 0 Å². The van der Waals surface area contributed by atoms with Crippen LogP contribution in [-0.2, 0) is 17.9 Å². The molecule has 4 aromatic heterocycles. The van der Waals surface area contributed by atoms with Crippen molar-refractivity contribution >= 4 is 22.8 Å². The summed E-state index contributed by atoms with van der Waals surface area (Å²) in [5.41, 5.74) is 12.3. The van der Waals surface area contributed by atoms with E-state index in [1.807, 2.05) is 18.2 Å². The van der Waals surface area contributed by atoms with Crippen LogP contribution in [0.25, 0.3) is 33.4 Å². The fraction of sp³-hybridized carbons (Fsp3) is 0.143. The first-order chi connectivity index (χ1) is 14.1. The molecular formula is C21H20N6O2. The lowest BCUT2D eigenvalue weighted by molar-refractivity contribution is -0.114. The summed E-state index contributed by atoms with van der Waals surface area (Å²) < 4.78 is 0. The third-order valence-corrected chi connectivity index (χ3v) is 4.55. The summed E-state index contributed by atoms with van der Waals surface area (Å²) in [7, 11) is 0. The molecule has 0 bridgehead atoms. The van der Waals surface area contributed by atoms with Gasteiger partial charge in [0.1, 0.15) is 5.82 Å². The Morgan fingerprint density at radius 2 is 2.00 bits per heavy atom. The highest BCUT2D eigenvalue weighted by atomic mass is 16.3. The number of aromatic nitrogens is 4. The minimum atomic E-state index is -0.190. The number of aliphatic hydroxyl groups excluding tert-OH is 1. The standard InChI is InChI=1S/C21H20N6O2/c1-12(29)26-18-7-14(4-5-23-18)20-19(15-2-3-16(11-28)24-10-15)21-17(27-20)6-13(8-22)9-25-21/h2-7,9-10,27-28H,8,11,22H2,1H3,(H,23,26,29). The molecule has 8 heteroatoms. The van der Waals surface area contributed by atoms with Crippen LogP contribution in [0, 0.1) is 0 Å². The van der Waals surface area contributed by atoms with E-state index in [9.17, 15) is 9.90 Å². The SMILES string of the molecule is CC(=O)Nc1cc(-c2[nH]c3cc(CN)cnc3c2-c2ccc(CO)nc2)ccn1. The molecule has 4 rings (SSSR count). The van der Waals surface area contributed by atoms with Gasteiger partial charge in [-0.15, -0.1) is 0 Å². The van der Waals surface area contributed by atoms with Crippen LogP contribution < -0.4 is 11.1 Å². The summed E-state index contributed by atoms with van der Waals surface area (Å²) >= 11 is 0. The lowest BCUT2D eigenvalue weighted by Crippen LogP contribution is -2.07.